The smallest absolute Gasteiger partial charge is 0.317 e. The van der Waals surface area contributed by atoms with Crippen molar-refractivity contribution in [3.63, 3.8) is 0 Å². The number of unbranched alkanes of at least 4 members (excludes halogenated alkanes) is 1. The topological polar surface area (TPSA) is 73.8 Å². The van der Waals surface area contributed by atoms with Crippen LogP contribution in [-0.2, 0) is 10.3 Å². The second-order valence-corrected chi connectivity index (χ2v) is 11.6. The van der Waals surface area contributed by atoms with Crippen molar-refractivity contribution >= 4 is 22.0 Å². The Balaban J connectivity index is 1.72. The first-order valence-corrected chi connectivity index (χ1v) is 14.5. The Morgan fingerprint density at radius 2 is 2.03 bits per heavy atom. The highest BCUT2D eigenvalue weighted by Crippen LogP contribution is 2.43. The summed E-state index contributed by atoms with van der Waals surface area (Å²) in [4.78, 5) is 15.2. The number of likely N-dealkylation sites (tertiary alicyclic amines) is 1. The number of nitrogens with zero attached hydrogens (tertiary/aromatic N) is 1. The van der Waals surface area contributed by atoms with Gasteiger partial charge in [-0.2, -0.15) is 0 Å². The van der Waals surface area contributed by atoms with Gasteiger partial charge in [-0.1, -0.05) is 48.0 Å². The van der Waals surface area contributed by atoms with Crippen molar-refractivity contribution in [1.29, 1.82) is 0 Å². The van der Waals surface area contributed by atoms with E-state index in [1.807, 2.05) is 11.9 Å². The zero-order valence-corrected chi connectivity index (χ0v) is 23.6. The molecule has 3 N–H and O–H groups in total. The van der Waals surface area contributed by atoms with Gasteiger partial charge in [0, 0.05) is 55.3 Å². The number of rotatable bonds is 12. The maximum atomic E-state index is 14.3. The number of piperidine rings is 1. The second-order valence-electron chi connectivity index (χ2n) is 10.7. The Kier molecular flexibility index (Phi) is 11.9. The van der Waals surface area contributed by atoms with E-state index in [9.17, 15) is 14.3 Å². The first-order chi connectivity index (χ1) is 17.4. The molecule has 0 spiro atoms. The summed E-state index contributed by atoms with van der Waals surface area (Å²) in [6.07, 6.45) is 11.1. The number of carbonyl (C=O) groups is 1. The van der Waals surface area contributed by atoms with Crippen molar-refractivity contribution in [1.82, 2.24) is 15.5 Å². The second kappa shape index (κ2) is 14.6. The highest BCUT2D eigenvalue weighted by molar-refractivity contribution is 9.10. The summed E-state index contributed by atoms with van der Waals surface area (Å²) >= 11 is 3.55. The van der Waals surface area contributed by atoms with Crippen molar-refractivity contribution in [3.05, 3.63) is 34.1 Å². The molecule has 1 aliphatic heterocycles. The van der Waals surface area contributed by atoms with Crippen LogP contribution in [0.15, 0.2) is 22.7 Å². The number of benzene rings is 1. The van der Waals surface area contributed by atoms with Gasteiger partial charge in [-0.05, 0) is 69.7 Å². The number of amides is 2. The molecule has 1 saturated carbocycles. The van der Waals surface area contributed by atoms with Crippen LogP contribution in [0.5, 0.6) is 0 Å². The molecule has 1 saturated heterocycles. The fraction of sp³-hybridized carbons (Fsp3) is 0.750. The predicted molar refractivity (Wildman–Crippen MR) is 145 cm³/mol. The fourth-order valence-corrected chi connectivity index (χ4v) is 6.70. The summed E-state index contributed by atoms with van der Waals surface area (Å²) in [5.74, 6) is 0.124. The largest absolute Gasteiger partial charge is 0.385 e. The highest BCUT2D eigenvalue weighted by atomic mass is 79.9. The minimum atomic E-state index is -1.24. The van der Waals surface area contributed by atoms with Crippen LogP contribution in [-0.4, -0.2) is 62.5 Å². The number of aliphatic hydroxyl groups is 1. The van der Waals surface area contributed by atoms with E-state index in [2.05, 4.69) is 26.6 Å². The number of hydrogen-bond donors (Lipinski definition) is 3. The predicted octanol–water partition coefficient (Wildman–Crippen LogP) is 5.57. The van der Waals surface area contributed by atoms with Gasteiger partial charge >= 0.3 is 6.03 Å². The Bertz CT molecular complexity index is 823. The van der Waals surface area contributed by atoms with Gasteiger partial charge in [-0.25, -0.2) is 9.18 Å². The molecule has 2 unspecified atom stereocenters. The molecular formula is C28H45BrFN3O3. The number of nitrogens with one attached hydrogen (secondary N) is 2. The number of urea groups is 1. The average Bonchev–Trinajstić information content (AvgIpc) is 2.88. The Labute approximate surface area is 224 Å². The lowest BCUT2D eigenvalue weighted by Crippen LogP contribution is -2.54. The normalized spacial score (nSPS) is 21.7. The summed E-state index contributed by atoms with van der Waals surface area (Å²) in [5.41, 5.74) is -0.669. The van der Waals surface area contributed by atoms with Gasteiger partial charge in [0.2, 0.25) is 0 Å². The van der Waals surface area contributed by atoms with Crippen LogP contribution in [0.3, 0.4) is 0 Å². The molecule has 1 heterocycles. The molecule has 0 bridgehead atoms. The molecule has 1 aromatic carbocycles. The molecule has 1 aromatic rings. The zero-order valence-electron chi connectivity index (χ0n) is 22.0. The average molecular weight is 571 g/mol. The molecular weight excluding hydrogens is 525 g/mol. The molecule has 0 radical (unpaired) electrons. The van der Waals surface area contributed by atoms with E-state index in [1.165, 1.54) is 44.2 Å². The van der Waals surface area contributed by atoms with E-state index in [-0.39, 0.29) is 23.8 Å². The Hall–Kier alpha value is -1.22. The van der Waals surface area contributed by atoms with Gasteiger partial charge in [0.05, 0.1) is 5.60 Å². The number of carbonyl (C=O) groups excluding carboxylic acids is 1. The molecule has 2 aliphatic rings. The lowest BCUT2D eigenvalue weighted by Gasteiger charge is -2.43. The molecule has 2 amide bonds. The lowest BCUT2D eigenvalue weighted by molar-refractivity contribution is -0.0571. The van der Waals surface area contributed by atoms with Crippen molar-refractivity contribution in [3.8, 4) is 0 Å². The van der Waals surface area contributed by atoms with Crippen LogP contribution in [0.1, 0.15) is 76.2 Å². The number of likely N-dealkylation sites (N-methyl/N-ethyl adjacent to an activating group) is 1. The van der Waals surface area contributed by atoms with Crippen LogP contribution >= 0.6 is 15.9 Å². The molecule has 6 nitrogen and oxygen atoms in total. The van der Waals surface area contributed by atoms with E-state index in [1.54, 1.807) is 13.2 Å². The first-order valence-electron chi connectivity index (χ1n) is 13.7. The SMILES string of the molecule is CNCC(CC1CCCCC1)NC(=O)N1CCCC([C@@](O)(CCCCOC)c2cc(F)ccc2Br)C1. The van der Waals surface area contributed by atoms with Gasteiger partial charge in [-0.15, -0.1) is 0 Å². The molecule has 3 atom stereocenters. The fourth-order valence-electron chi connectivity index (χ4n) is 6.11. The Morgan fingerprint density at radius 3 is 2.75 bits per heavy atom. The monoisotopic (exact) mass is 569 g/mol. The quantitative estimate of drug-likeness (QED) is 0.287. The van der Waals surface area contributed by atoms with Gasteiger partial charge in [0.15, 0.2) is 0 Å². The highest BCUT2D eigenvalue weighted by Gasteiger charge is 2.42. The van der Waals surface area contributed by atoms with Gasteiger partial charge in [-0.3, -0.25) is 0 Å². The summed E-state index contributed by atoms with van der Waals surface area (Å²) in [7, 11) is 3.60. The maximum Gasteiger partial charge on any atom is 0.317 e. The van der Waals surface area contributed by atoms with Crippen molar-refractivity contribution in [2.24, 2.45) is 11.8 Å². The van der Waals surface area contributed by atoms with E-state index < -0.39 is 5.60 Å². The van der Waals surface area contributed by atoms with E-state index in [0.29, 0.717) is 42.1 Å². The summed E-state index contributed by atoms with van der Waals surface area (Å²) in [5, 5.41) is 18.6. The molecule has 36 heavy (non-hydrogen) atoms. The van der Waals surface area contributed by atoms with E-state index >= 15 is 0 Å². The summed E-state index contributed by atoms with van der Waals surface area (Å²) in [6.45, 7) is 2.49. The van der Waals surface area contributed by atoms with Crippen LogP contribution < -0.4 is 10.6 Å². The molecule has 0 aromatic heterocycles. The van der Waals surface area contributed by atoms with Crippen LogP contribution in [0, 0.1) is 17.7 Å². The van der Waals surface area contributed by atoms with Gasteiger partial charge < -0.3 is 25.4 Å². The Morgan fingerprint density at radius 1 is 1.25 bits per heavy atom. The number of ether oxygens (including phenoxy) is 1. The third-order valence-electron chi connectivity index (χ3n) is 8.06. The van der Waals surface area contributed by atoms with Gasteiger partial charge in [0.1, 0.15) is 5.82 Å². The molecule has 3 rings (SSSR count). The van der Waals surface area contributed by atoms with Crippen LogP contribution in [0.2, 0.25) is 0 Å². The van der Waals surface area contributed by atoms with Crippen molar-refractivity contribution in [2.75, 3.05) is 40.4 Å². The third kappa shape index (κ3) is 8.14. The lowest BCUT2D eigenvalue weighted by atomic mass is 9.74. The van der Waals surface area contributed by atoms with Crippen molar-refractivity contribution < 1.29 is 19.0 Å². The molecule has 2 fully saturated rings. The number of methoxy groups -OCH3 is 1. The number of hydrogen-bond acceptors (Lipinski definition) is 4. The zero-order chi connectivity index (χ0) is 26.0. The minimum Gasteiger partial charge on any atom is -0.385 e. The van der Waals surface area contributed by atoms with Gasteiger partial charge in [0.25, 0.3) is 0 Å². The third-order valence-corrected chi connectivity index (χ3v) is 8.75. The first kappa shape index (κ1) is 29.3. The maximum absolute atomic E-state index is 14.3. The van der Waals surface area contributed by atoms with Crippen LogP contribution in [0.25, 0.3) is 0 Å². The van der Waals surface area contributed by atoms with E-state index in [0.717, 1.165) is 38.6 Å². The minimum absolute atomic E-state index is 0.0594. The van der Waals surface area contributed by atoms with Crippen molar-refractivity contribution in [2.45, 2.75) is 82.3 Å². The standard InChI is InChI=1S/C28H45BrFN3O3/c1-31-19-24(17-21-9-4-3-5-10-21)32-27(34)33-15-8-11-22(20-33)28(35,14-6-7-16-36-2)25-18-23(30)12-13-26(25)29/h12-13,18,21-22,24,31,35H,3-11,14-17,19-20H2,1-2H3,(H,32,34)/t22?,24?,28-/m0/s1. The number of halogens is 2. The molecule has 204 valence electrons. The summed E-state index contributed by atoms with van der Waals surface area (Å²) < 4.78 is 20.2. The van der Waals surface area contributed by atoms with Crippen LogP contribution in [0.4, 0.5) is 9.18 Å². The molecule has 8 heteroatoms. The van der Waals surface area contributed by atoms with E-state index in [4.69, 9.17) is 4.74 Å². The summed E-state index contributed by atoms with van der Waals surface area (Å²) in [6, 6.07) is 4.53. The molecule has 1 aliphatic carbocycles.